The first-order chi connectivity index (χ1) is 10.1. The van der Waals surface area contributed by atoms with Crippen LogP contribution in [0.15, 0.2) is 30.7 Å². The van der Waals surface area contributed by atoms with Crippen molar-refractivity contribution < 1.29 is 0 Å². The van der Waals surface area contributed by atoms with Crippen LogP contribution in [0.25, 0.3) is 0 Å². The van der Waals surface area contributed by atoms with Gasteiger partial charge in [-0.1, -0.05) is 19.1 Å². The molecule has 0 radical (unpaired) electrons. The predicted molar refractivity (Wildman–Crippen MR) is 82.6 cm³/mol. The van der Waals surface area contributed by atoms with Gasteiger partial charge in [-0.15, -0.1) is 5.10 Å². The number of rotatable bonds is 8. The van der Waals surface area contributed by atoms with Gasteiger partial charge < -0.3 is 10.2 Å². The van der Waals surface area contributed by atoms with Crippen molar-refractivity contribution in [2.75, 3.05) is 13.6 Å². The van der Waals surface area contributed by atoms with Crippen LogP contribution in [0.2, 0.25) is 0 Å². The molecule has 0 spiro atoms. The van der Waals surface area contributed by atoms with Crippen molar-refractivity contribution in [1.29, 1.82) is 0 Å². The molecule has 6 heteroatoms. The van der Waals surface area contributed by atoms with Crippen molar-refractivity contribution in [2.24, 2.45) is 0 Å². The molecule has 2 heterocycles. The van der Waals surface area contributed by atoms with Gasteiger partial charge in [0.15, 0.2) is 0 Å². The lowest BCUT2D eigenvalue weighted by atomic mass is 10.2. The summed E-state index contributed by atoms with van der Waals surface area (Å²) < 4.78 is 1.90. The van der Waals surface area contributed by atoms with Gasteiger partial charge in [0.2, 0.25) is 0 Å². The fraction of sp³-hybridized carbons (Fsp3) is 0.533. The largest absolute Gasteiger partial charge is 0.309 e. The van der Waals surface area contributed by atoms with E-state index in [2.05, 4.69) is 46.4 Å². The van der Waals surface area contributed by atoms with Crippen molar-refractivity contribution >= 4 is 0 Å². The summed E-state index contributed by atoms with van der Waals surface area (Å²) in [5.41, 5.74) is 2.26. The summed E-state index contributed by atoms with van der Waals surface area (Å²) in [6.45, 7) is 7.71. The highest BCUT2D eigenvalue weighted by Gasteiger charge is 2.04. The summed E-state index contributed by atoms with van der Waals surface area (Å²) >= 11 is 0. The van der Waals surface area contributed by atoms with Crippen LogP contribution in [0.5, 0.6) is 0 Å². The molecule has 0 atom stereocenters. The highest BCUT2D eigenvalue weighted by Crippen LogP contribution is 2.01. The lowest BCUT2D eigenvalue weighted by Gasteiger charge is -2.16. The molecule has 114 valence electrons. The van der Waals surface area contributed by atoms with Gasteiger partial charge in [0.25, 0.3) is 0 Å². The fourth-order valence-corrected chi connectivity index (χ4v) is 1.99. The number of nitrogens with one attached hydrogen (secondary N) is 1. The standard InChI is InChI=1S/C15H24N6/c1-13(2)17-10-15-12-21(19-18-15)9-8-20(3)11-14-4-6-16-7-5-14/h4-7,12-13,17H,8-11H2,1-3H3. The molecular weight excluding hydrogens is 264 g/mol. The van der Waals surface area contributed by atoms with Crippen LogP contribution in [0, 0.1) is 0 Å². The molecule has 21 heavy (non-hydrogen) atoms. The zero-order chi connectivity index (χ0) is 15.1. The molecule has 2 aromatic rings. The first-order valence-electron chi connectivity index (χ1n) is 7.33. The minimum absolute atomic E-state index is 0.460. The summed E-state index contributed by atoms with van der Waals surface area (Å²) in [4.78, 5) is 6.30. The number of hydrogen-bond acceptors (Lipinski definition) is 5. The van der Waals surface area contributed by atoms with E-state index in [9.17, 15) is 0 Å². The maximum absolute atomic E-state index is 4.17. The Morgan fingerprint density at radius 2 is 2.05 bits per heavy atom. The van der Waals surface area contributed by atoms with Crippen molar-refractivity contribution in [3.8, 4) is 0 Å². The molecule has 0 saturated heterocycles. The highest BCUT2D eigenvalue weighted by molar-refractivity contribution is 5.09. The second kappa shape index (κ2) is 7.85. The van der Waals surface area contributed by atoms with Crippen LogP contribution >= 0.6 is 0 Å². The van der Waals surface area contributed by atoms with Gasteiger partial charge in [-0.3, -0.25) is 9.67 Å². The van der Waals surface area contributed by atoms with Crippen LogP contribution in [-0.4, -0.2) is 44.5 Å². The monoisotopic (exact) mass is 288 g/mol. The molecule has 2 rings (SSSR count). The van der Waals surface area contributed by atoms with E-state index in [1.54, 1.807) is 0 Å². The lowest BCUT2D eigenvalue weighted by Crippen LogP contribution is -2.23. The topological polar surface area (TPSA) is 58.9 Å². The molecular formula is C15H24N6. The van der Waals surface area contributed by atoms with Crippen molar-refractivity contribution in [2.45, 2.75) is 39.5 Å². The molecule has 0 aliphatic carbocycles. The second-order valence-corrected chi connectivity index (χ2v) is 5.60. The number of likely N-dealkylation sites (N-methyl/N-ethyl adjacent to an activating group) is 1. The Kier molecular flexibility index (Phi) is 5.83. The molecule has 0 aliphatic heterocycles. The molecule has 0 aromatic carbocycles. The van der Waals surface area contributed by atoms with Gasteiger partial charge in [-0.05, 0) is 24.7 Å². The van der Waals surface area contributed by atoms with E-state index >= 15 is 0 Å². The van der Waals surface area contributed by atoms with E-state index in [1.807, 2.05) is 35.4 Å². The minimum atomic E-state index is 0.460. The molecule has 6 nitrogen and oxygen atoms in total. The third kappa shape index (κ3) is 5.61. The van der Waals surface area contributed by atoms with E-state index < -0.39 is 0 Å². The normalized spacial score (nSPS) is 11.5. The lowest BCUT2D eigenvalue weighted by molar-refractivity contribution is 0.303. The average molecular weight is 288 g/mol. The van der Waals surface area contributed by atoms with Gasteiger partial charge >= 0.3 is 0 Å². The van der Waals surface area contributed by atoms with Gasteiger partial charge in [-0.2, -0.15) is 0 Å². The zero-order valence-electron chi connectivity index (χ0n) is 13.0. The van der Waals surface area contributed by atoms with E-state index in [-0.39, 0.29) is 0 Å². The van der Waals surface area contributed by atoms with Crippen molar-refractivity contribution in [3.63, 3.8) is 0 Å². The molecule has 0 fully saturated rings. The summed E-state index contributed by atoms with van der Waals surface area (Å²) in [6, 6.07) is 4.55. The van der Waals surface area contributed by atoms with Crippen LogP contribution < -0.4 is 5.32 Å². The highest BCUT2D eigenvalue weighted by atomic mass is 15.4. The van der Waals surface area contributed by atoms with Crippen LogP contribution in [0.4, 0.5) is 0 Å². The van der Waals surface area contributed by atoms with E-state index in [0.717, 1.165) is 31.9 Å². The Morgan fingerprint density at radius 3 is 2.76 bits per heavy atom. The van der Waals surface area contributed by atoms with E-state index in [1.165, 1.54) is 5.56 Å². The van der Waals surface area contributed by atoms with Gasteiger partial charge in [0, 0.05) is 44.3 Å². The Labute approximate surface area is 126 Å². The second-order valence-electron chi connectivity index (χ2n) is 5.60. The van der Waals surface area contributed by atoms with E-state index in [0.29, 0.717) is 6.04 Å². The van der Waals surface area contributed by atoms with Gasteiger partial charge in [0.1, 0.15) is 0 Å². The van der Waals surface area contributed by atoms with E-state index in [4.69, 9.17) is 0 Å². The smallest absolute Gasteiger partial charge is 0.0964 e. The Hall–Kier alpha value is -1.79. The fourth-order valence-electron chi connectivity index (χ4n) is 1.99. The minimum Gasteiger partial charge on any atom is -0.309 e. The molecule has 0 saturated carbocycles. The van der Waals surface area contributed by atoms with Crippen LogP contribution in [0.1, 0.15) is 25.1 Å². The predicted octanol–water partition coefficient (Wildman–Crippen LogP) is 1.30. The molecule has 0 bridgehead atoms. The first-order valence-corrected chi connectivity index (χ1v) is 7.33. The number of aromatic nitrogens is 4. The van der Waals surface area contributed by atoms with Gasteiger partial charge in [-0.25, -0.2) is 0 Å². The Balaban J connectivity index is 1.75. The number of hydrogen-bond donors (Lipinski definition) is 1. The summed E-state index contributed by atoms with van der Waals surface area (Å²) in [7, 11) is 2.11. The SMILES string of the molecule is CC(C)NCc1cn(CCN(C)Cc2ccncc2)nn1. The third-order valence-corrected chi connectivity index (χ3v) is 3.19. The maximum Gasteiger partial charge on any atom is 0.0964 e. The summed E-state index contributed by atoms with van der Waals surface area (Å²) in [5.74, 6) is 0. The van der Waals surface area contributed by atoms with Crippen LogP contribution in [-0.2, 0) is 19.6 Å². The Bertz CT molecular complexity index is 522. The molecule has 0 unspecified atom stereocenters. The molecule has 0 aliphatic rings. The van der Waals surface area contributed by atoms with Gasteiger partial charge in [0.05, 0.1) is 12.2 Å². The summed E-state index contributed by atoms with van der Waals surface area (Å²) in [6.07, 6.45) is 5.67. The molecule has 1 N–H and O–H groups in total. The number of nitrogens with zero attached hydrogens (tertiary/aromatic N) is 5. The molecule has 0 amide bonds. The summed E-state index contributed by atoms with van der Waals surface area (Å²) in [5, 5.41) is 11.7. The average Bonchev–Trinajstić information content (AvgIpc) is 2.92. The Morgan fingerprint density at radius 1 is 1.29 bits per heavy atom. The maximum atomic E-state index is 4.17. The van der Waals surface area contributed by atoms with Crippen molar-refractivity contribution in [1.82, 2.24) is 30.2 Å². The number of pyridine rings is 1. The van der Waals surface area contributed by atoms with Crippen molar-refractivity contribution in [3.05, 3.63) is 42.0 Å². The third-order valence-electron chi connectivity index (χ3n) is 3.19. The molecule has 2 aromatic heterocycles. The quantitative estimate of drug-likeness (QED) is 0.793. The first kappa shape index (κ1) is 15.6. The van der Waals surface area contributed by atoms with Crippen LogP contribution in [0.3, 0.4) is 0 Å². The zero-order valence-corrected chi connectivity index (χ0v) is 13.0.